The minimum atomic E-state index is -0.0527. The van der Waals surface area contributed by atoms with Gasteiger partial charge in [-0.05, 0) is 49.6 Å². The van der Waals surface area contributed by atoms with E-state index in [1.165, 1.54) is 6.21 Å². The number of hydrogen-bond acceptors (Lipinski definition) is 6. The summed E-state index contributed by atoms with van der Waals surface area (Å²) in [6, 6.07) is 11.2. The van der Waals surface area contributed by atoms with E-state index in [1.807, 2.05) is 25.1 Å². The maximum Gasteiger partial charge on any atom is 0.251 e. The lowest BCUT2D eigenvalue weighted by atomic mass is 9.98. The van der Waals surface area contributed by atoms with E-state index in [9.17, 15) is 4.79 Å². The summed E-state index contributed by atoms with van der Waals surface area (Å²) in [5.41, 5.74) is 10.9. The molecular weight excluding hydrogens is 390 g/mol. The topological polar surface area (TPSA) is 122 Å². The Labute approximate surface area is 180 Å². The van der Waals surface area contributed by atoms with Crippen molar-refractivity contribution in [1.29, 1.82) is 5.41 Å². The first-order chi connectivity index (χ1) is 14.9. The van der Waals surface area contributed by atoms with Gasteiger partial charge in [-0.2, -0.15) is 4.98 Å². The van der Waals surface area contributed by atoms with Gasteiger partial charge < -0.3 is 21.8 Å². The van der Waals surface area contributed by atoms with Crippen molar-refractivity contribution in [2.75, 3.05) is 11.1 Å². The quantitative estimate of drug-likeness (QED) is 0.346. The molecule has 1 aliphatic carbocycles. The molecule has 8 nitrogen and oxygen atoms in total. The number of carbonyl (C=O) groups is 1. The SMILES string of the molecule is C=C(C)c1c(Nc2nc(-c3ccc(C(=O)NC4CC4)cc3)nn2C)ccc(N)c1C=N. The maximum atomic E-state index is 12.2. The van der Waals surface area contributed by atoms with Crippen molar-refractivity contribution in [1.82, 2.24) is 20.1 Å². The molecule has 5 N–H and O–H groups in total. The normalized spacial score (nSPS) is 13.0. The highest BCUT2D eigenvalue weighted by molar-refractivity contribution is 5.97. The number of nitrogens with two attached hydrogens (primary N) is 1. The van der Waals surface area contributed by atoms with Crippen LogP contribution in [0.25, 0.3) is 17.0 Å². The number of nitrogens with zero attached hydrogens (tertiary/aromatic N) is 3. The van der Waals surface area contributed by atoms with Crippen LogP contribution in [-0.2, 0) is 7.05 Å². The molecule has 1 fully saturated rings. The van der Waals surface area contributed by atoms with E-state index in [2.05, 4.69) is 27.3 Å². The number of nitrogen functional groups attached to an aromatic ring is 1. The van der Waals surface area contributed by atoms with Gasteiger partial charge in [-0.1, -0.05) is 18.7 Å². The minimum absolute atomic E-state index is 0.0527. The minimum Gasteiger partial charge on any atom is -0.398 e. The van der Waals surface area contributed by atoms with Gasteiger partial charge in [-0.3, -0.25) is 4.79 Å². The highest BCUT2D eigenvalue weighted by Crippen LogP contribution is 2.32. The summed E-state index contributed by atoms with van der Waals surface area (Å²) in [4.78, 5) is 16.8. The van der Waals surface area contributed by atoms with Crippen molar-refractivity contribution in [2.45, 2.75) is 25.8 Å². The molecule has 1 amide bonds. The summed E-state index contributed by atoms with van der Waals surface area (Å²) >= 11 is 0. The van der Waals surface area contributed by atoms with E-state index in [0.29, 0.717) is 34.6 Å². The molecule has 0 radical (unpaired) electrons. The predicted molar refractivity (Wildman–Crippen MR) is 124 cm³/mol. The average Bonchev–Trinajstić information content (AvgIpc) is 3.49. The fourth-order valence-corrected chi connectivity index (χ4v) is 3.36. The fourth-order valence-electron chi connectivity index (χ4n) is 3.36. The molecule has 3 aromatic rings. The van der Waals surface area contributed by atoms with Crippen LogP contribution in [0.5, 0.6) is 0 Å². The Hall–Kier alpha value is -3.94. The molecule has 4 rings (SSSR count). The van der Waals surface area contributed by atoms with Crippen LogP contribution >= 0.6 is 0 Å². The van der Waals surface area contributed by atoms with Crippen molar-refractivity contribution < 1.29 is 4.79 Å². The molecule has 1 aromatic heterocycles. The third-order valence-electron chi connectivity index (χ3n) is 5.18. The van der Waals surface area contributed by atoms with Crippen molar-refractivity contribution in [3.8, 4) is 11.4 Å². The highest BCUT2D eigenvalue weighted by atomic mass is 16.1. The molecule has 1 saturated carbocycles. The largest absolute Gasteiger partial charge is 0.398 e. The van der Waals surface area contributed by atoms with Crippen molar-refractivity contribution in [3.63, 3.8) is 0 Å². The van der Waals surface area contributed by atoms with Gasteiger partial charge in [0.1, 0.15) is 0 Å². The van der Waals surface area contributed by atoms with Gasteiger partial charge in [-0.15, -0.1) is 5.10 Å². The zero-order valence-corrected chi connectivity index (χ0v) is 17.6. The van der Waals surface area contributed by atoms with E-state index >= 15 is 0 Å². The van der Waals surface area contributed by atoms with E-state index in [0.717, 1.165) is 35.2 Å². The summed E-state index contributed by atoms with van der Waals surface area (Å²) in [5.74, 6) is 1.02. The maximum absolute atomic E-state index is 12.2. The van der Waals surface area contributed by atoms with Crippen molar-refractivity contribution in [2.24, 2.45) is 7.05 Å². The Bertz CT molecular complexity index is 1170. The zero-order valence-electron chi connectivity index (χ0n) is 17.6. The highest BCUT2D eigenvalue weighted by Gasteiger charge is 2.23. The van der Waals surface area contributed by atoms with Gasteiger partial charge in [0.15, 0.2) is 5.82 Å². The van der Waals surface area contributed by atoms with Crippen LogP contribution in [0.15, 0.2) is 43.0 Å². The molecule has 0 aliphatic heterocycles. The summed E-state index contributed by atoms with van der Waals surface area (Å²) in [7, 11) is 1.80. The van der Waals surface area contributed by atoms with E-state index < -0.39 is 0 Å². The van der Waals surface area contributed by atoms with Gasteiger partial charge in [0.05, 0.1) is 0 Å². The summed E-state index contributed by atoms with van der Waals surface area (Å²) in [6.07, 6.45) is 3.34. The first-order valence-electron chi connectivity index (χ1n) is 10.1. The zero-order chi connectivity index (χ0) is 22.1. The number of nitrogens with one attached hydrogen (secondary N) is 3. The van der Waals surface area contributed by atoms with Crippen LogP contribution in [-0.4, -0.2) is 32.9 Å². The number of benzene rings is 2. The molecule has 0 spiro atoms. The lowest BCUT2D eigenvalue weighted by Gasteiger charge is -2.15. The van der Waals surface area contributed by atoms with E-state index in [1.54, 1.807) is 29.9 Å². The van der Waals surface area contributed by atoms with Crippen LogP contribution < -0.4 is 16.4 Å². The summed E-state index contributed by atoms with van der Waals surface area (Å²) in [5, 5.41) is 18.5. The first-order valence-corrected chi connectivity index (χ1v) is 10.1. The standard InChI is InChI=1S/C23H25N7O/c1-13(2)20-17(12-24)18(25)10-11-19(20)27-23-28-21(29-30(23)3)14-4-6-15(7-5-14)22(31)26-16-8-9-16/h4-7,10-12,16,24H,1,8-9,25H2,2-3H3,(H,26,31)(H,27,28,29). The van der Waals surface area contributed by atoms with E-state index in [-0.39, 0.29) is 5.91 Å². The Morgan fingerprint density at radius 3 is 2.58 bits per heavy atom. The van der Waals surface area contributed by atoms with Crippen LogP contribution in [0.4, 0.5) is 17.3 Å². The first kappa shape index (κ1) is 20.3. The monoisotopic (exact) mass is 415 g/mol. The number of rotatable bonds is 7. The van der Waals surface area contributed by atoms with Crippen molar-refractivity contribution >= 4 is 35.0 Å². The fraction of sp³-hybridized carbons (Fsp3) is 0.217. The number of aryl methyl sites for hydroxylation is 1. The molecule has 31 heavy (non-hydrogen) atoms. The third-order valence-corrected chi connectivity index (χ3v) is 5.18. The second kappa shape index (κ2) is 8.06. The van der Waals surface area contributed by atoms with Gasteiger partial charge in [0.2, 0.25) is 5.95 Å². The Balaban J connectivity index is 1.59. The molecule has 158 valence electrons. The van der Waals surface area contributed by atoms with Crippen LogP contribution in [0.2, 0.25) is 0 Å². The van der Waals surface area contributed by atoms with Crippen LogP contribution in [0.1, 0.15) is 41.3 Å². The molecule has 0 bridgehead atoms. The number of anilines is 3. The number of allylic oxidation sites excluding steroid dienone is 1. The number of aromatic nitrogens is 3. The average molecular weight is 416 g/mol. The van der Waals surface area contributed by atoms with Gasteiger partial charge >= 0.3 is 0 Å². The van der Waals surface area contributed by atoms with Crippen molar-refractivity contribution in [3.05, 3.63) is 59.7 Å². The van der Waals surface area contributed by atoms with Gasteiger partial charge in [0.25, 0.3) is 5.91 Å². The second-order valence-corrected chi connectivity index (χ2v) is 7.75. The van der Waals surface area contributed by atoms with Gasteiger partial charge in [-0.25, -0.2) is 4.68 Å². The Morgan fingerprint density at radius 1 is 1.26 bits per heavy atom. The number of hydrogen-bond donors (Lipinski definition) is 4. The predicted octanol–water partition coefficient (Wildman–Crippen LogP) is 3.73. The molecular formula is C23H25N7O. The summed E-state index contributed by atoms with van der Waals surface area (Å²) in [6.45, 7) is 5.89. The smallest absolute Gasteiger partial charge is 0.251 e. The summed E-state index contributed by atoms with van der Waals surface area (Å²) < 4.78 is 1.64. The van der Waals surface area contributed by atoms with E-state index in [4.69, 9.17) is 11.1 Å². The lowest BCUT2D eigenvalue weighted by molar-refractivity contribution is 0.0951. The molecule has 0 unspecified atom stereocenters. The number of amides is 1. The van der Waals surface area contributed by atoms with Crippen LogP contribution in [0, 0.1) is 5.41 Å². The Kier molecular flexibility index (Phi) is 5.29. The molecule has 1 aliphatic rings. The molecule has 0 atom stereocenters. The van der Waals surface area contributed by atoms with Crippen LogP contribution in [0.3, 0.4) is 0 Å². The second-order valence-electron chi connectivity index (χ2n) is 7.75. The number of carbonyl (C=O) groups excluding carboxylic acids is 1. The third kappa shape index (κ3) is 4.18. The lowest BCUT2D eigenvalue weighted by Crippen LogP contribution is -2.25. The molecule has 8 heteroatoms. The molecule has 1 heterocycles. The molecule has 0 saturated heterocycles. The molecule has 2 aromatic carbocycles. The Morgan fingerprint density at radius 2 is 1.97 bits per heavy atom. The van der Waals surface area contributed by atoms with Gasteiger partial charge in [0, 0.05) is 52.9 Å².